The Labute approximate surface area is 126 Å². The molecule has 6 nitrogen and oxygen atoms in total. The summed E-state index contributed by atoms with van der Waals surface area (Å²) in [7, 11) is 0. The number of hydrogen-bond acceptors (Lipinski definition) is 4. The van der Waals surface area contributed by atoms with Gasteiger partial charge in [0.15, 0.2) is 0 Å². The Kier molecular flexibility index (Phi) is 4.73. The average Bonchev–Trinajstić information content (AvgIpc) is 2.48. The summed E-state index contributed by atoms with van der Waals surface area (Å²) in [6.07, 6.45) is 1.29. The largest absolute Gasteiger partial charge is 0.507 e. The highest BCUT2D eigenvalue weighted by Gasteiger charge is 2.16. The van der Waals surface area contributed by atoms with Crippen LogP contribution in [0.1, 0.15) is 18.4 Å². The van der Waals surface area contributed by atoms with Crippen LogP contribution in [0.5, 0.6) is 5.75 Å². The fourth-order valence-electron chi connectivity index (χ4n) is 2.13. The fraction of sp³-hybridized carbons (Fsp3) is 0.188. The van der Waals surface area contributed by atoms with Crippen LogP contribution >= 0.6 is 0 Å². The summed E-state index contributed by atoms with van der Waals surface area (Å²) in [6, 6.07) is 9.61. The molecule has 0 radical (unpaired) electrons. The smallest absolute Gasteiger partial charge is 0.328 e. The van der Waals surface area contributed by atoms with E-state index in [0.29, 0.717) is 5.56 Å². The molecule has 0 aliphatic carbocycles. The number of hydrogen-bond donors (Lipinski definition) is 3. The second kappa shape index (κ2) is 6.71. The van der Waals surface area contributed by atoms with E-state index in [2.05, 4.69) is 4.99 Å². The van der Waals surface area contributed by atoms with Gasteiger partial charge in [0.05, 0.1) is 0 Å². The van der Waals surface area contributed by atoms with Crippen molar-refractivity contribution >= 4 is 28.9 Å². The van der Waals surface area contributed by atoms with E-state index >= 15 is 0 Å². The number of carbonyl (C=O) groups is 2. The van der Waals surface area contributed by atoms with E-state index in [0.717, 1.165) is 10.8 Å². The van der Waals surface area contributed by atoms with Gasteiger partial charge in [0.25, 0.3) is 0 Å². The normalized spacial score (nSPS) is 12.5. The van der Waals surface area contributed by atoms with Gasteiger partial charge in [0.2, 0.25) is 5.91 Å². The predicted octanol–water partition coefficient (Wildman–Crippen LogP) is 1.68. The number of amides is 1. The zero-order chi connectivity index (χ0) is 16.1. The van der Waals surface area contributed by atoms with Gasteiger partial charge in [-0.25, -0.2) is 4.79 Å². The first-order chi connectivity index (χ1) is 10.5. The summed E-state index contributed by atoms with van der Waals surface area (Å²) in [5.41, 5.74) is 5.47. The molecule has 1 atom stereocenters. The fourth-order valence-corrected chi connectivity index (χ4v) is 2.13. The maximum atomic E-state index is 11.2. The number of carboxylic acid groups (broad SMARTS) is 1. The molecule has 0 heterocycles. The van der Waals surface area contributed by atoms with Gasteiger partial charge in [0.1, 0.15) is 11.8 Å². The third-order valence-electron chi connectivity index (χ3n) is 3.28. The number of aromatic hydroxyl groups is 1. The number of fused-ring (bicyclic) bond motifs is 1. The van der Waals surface area contributed by atoms with Crippen molar-refractivity contribution in [2.24, 2.45) is 10.7 Å². The zero-order valence-corrected chi connectivity index (χ0v) is 11.8. The maximum Gasteiger partial charge on any atom is 0.328 e. The van der Waals surface area contributed by atoms with E-state index in [1.54, 1.807) is 6.07 Å². The number of aliphatic carboxylic acids is 1. The molecule has 6 heteroatoms. The second-order valence-electron chi connectivity index (χ2n) is 4.86. The van der Waals surface area contributed by atoms with Crippen LogP contribution in [-0.4, -0.2) is 34.3 Å². The SMILES string of the molecule is NC(=O)CC[C@H](N=Cc1c(O)ccc2ccccc12)C(=O)O. The second-order valence-corrected chi connectivity index (χ2v) is 4.86. The molecule has 0 aliphatic heterocycles. The van der Waals surface area contributed by atoms with Gasteiger partial charge in [-0.05, 0) is 23.3 Å². The van der Waals surface area contributed by atoms with Crippen LogP contribution in [0, 0.1) is 0 Å². The lowest BCUT2D eigenvalue weighted by molar-refractivity contribution is -0.138. The molecule has 0 bridgehead atoms. The van der Waals surface area contributed by atoms with Crippen LogP contribution in [0.4, 0.5) is 0 Å². The van der Waals surface area contributed by atoms with E-state index in [1.165, 1.54) is 12.3 Å². The number of nitrogens with zero attached hydrogens (tertiary/aromatic N) is 1. The lowest BCUT2D eigenvalue weighted by Gasteiger charge is -2.08. The Balaban J connectivity index is 2.33. The molecular formula is C16H16N2O4. The number of rotatable bonds is 6. The summed E-state index contributed by atoms with van der Waals surface area (Å²) in [5.74, 6) is -1.70. The first-order valence-corrected chi connectivity index (χ1v) is 6.74. The number of nitrogens with two attached hydrogens (primary N) is 1. The van der Waals surface area contributed by atoms with Crippen molar-refractivity contribution in [3.05, 3.63) is 42.0 Å². The molecule has 0 fully saturated rings. The number of aliphatic imine (C=N–C) groups is 1. The lowest BCUT2D eigenvalue weighted by Crippen LogP contribution is -2.21. The highest BCUT2D eigenvalue weighted by Crippen LogP contribution is 2.25. The topological polar surface area (TPSA) is 113 Å². The van der Waals surface area contributed by atoms with Crippen LogP contribution in [-0.2, 0) is 9.59 Å². The molecule has 0 aliphatic rings. The Bertz CT molecular complexity index is 740. The van der Waals surface area contributed by atoms with E-state index in [-0.39, 0.29) is 18.6 Å². The van der Waals surface area contributed by atoms with E-state index in [1.807, 2.05) is 24.3 Å². The average molecular weight is 300 g/mol. The third-order valence-corrected chi connectivity index (χ3v) is 3.28. The molecule has 0 saturated heterocycles. The van der Waals surface area contributed by atoms with Crippen molar-refractivity contribution in [1.82, 2.24) is 0 Å². The van der Waals surface area contributed by atoms with Crippen molar-refractivity contribution in [3.63, 3.8) is 0 Å². The molecule has 0 saturated carbocycles. The molecule has 114 valence electrons. The maximum absolute atomic E-state index is 11.2. The molecule has 0 aromatic heterocycles. The first-order valence-electron chi connectivity index (χ1n) is 6.74. The van der Waals surface area contributed by atoms with Crippen LogP contribution in [0.3, 0.4) is 0 Å². The quantitative estimate of drug-likeness (QED) is 0.704. The van der Waals surface area contributed by atoms with Gasteiger partial charge < -0.3 is 15.9 Å². The van der Waals surface area contributed by atoms with Gasteiger partial charge >= 0.3 is 5.97 Å². The van der Waals surface area contributed by atoms with Crippen molar-refractivity contribution in [3.8, 4) is 5.75 Å². The van der Waals surface area contributed by atoms with E-state index in [9.17, 15) is 14.7 Å². The molecule has 2 aromatic rings. The van der Waals surface area contributed by atoms with Crippen LogP contribution in [0.25, 0.3) is 10.8 Å². The van der Waals surface area contributed by atoms with Crippen molar-refractivity contribution < 1.29 is 19.8 Å². The zero-order valence-electron chi connectivity index (χ0n) is 11.8. The summed E-state index contributed by atoms with van der Waals surface area (Å²) in [4.78, 5) is 25.9. The lowest BCUT2D eigenvalue weighted by atomic mass is 10.0. The molecule has 4 N–H and O–H groups in total. The van der Waals surface area contributed by atoms with Crippen molar-refractivity contribution in [2.45, 2.75) is 18.9 Å². The standard InChI is InChI=1S/C16H16N2O4/c17-15(20)8-6-13(16(21)22)18-9-12-11-4-2-1-3-10(11)5-7-14(12)19/h1-5,7,9,13,19H,6,8H2,(H2,17,20)(H,21,22)/t13-/m0/s1. The number of carbonyl (C=O) groups excluding carboxylic acids is 1. The molecule has 1 amide bonds. The van der Waals surface area contributed by atoms with Crippen LogP contribution < -0.4 is 5.73 Å². The number of phenolic OH excluding ortho intramolecular Hbond substituents is 1. The third kappa shape index (κ3) is 3.60. The molecular weight excluding hydrogens is 284 g/mol. The molecule has 0 spiro atoms. The van der Waals surface area contributed by atoms with Gasteiger partial charge in [-0.1, -0.05) is 30.3 Å². The Morgan fingerprint density at radius 3 is 2.64 bits per heavy atom. The Morgan fingerprint density at radius 1 is 1.23 bits per heavy atom. The summed E-state index contributed by atoms with van der Waals surface area (Å²) < 4.78 is 0. The Morgan fingerprint density at radius 2 is 1.95 bits per heavy atom. The predicted molar refractivity (Wildman–Crippen MR) is 83.1 cm³/mol. The monoisotopic (exact) mass is 300 g/mol. The summed E-state index contributed by atoms with van der Waals surface area (Å²) in [6.45, 7) is 0. The van der Waals surface area contributed by atoms with Crippen molar-refractivity contribution in [2.75, 3.05) is 0 Å². The minimum absolute atomic E-state index is 0.0153. The molecule has 0 unspecified atom stereocenters. The number of phenols is 1. The number of benzene rings is 2. The molecule has 2 aromatic carbocycles. The van der Waals surface area contributed by atoms with Crippen LogP contribution in [0.15, 0.2) is 41.4 Å². The first kappa shape index (κ1) is 15.5. The number of primary amides is 1. The van der Waals surface area contributed by atoms with E-state index in [4.69, 9.17) is 10.8 Å². The highest BCUT2D eigenvalue weighted by molar-refractivity contribution is 6.02. The van der Waals surface area contributed by atoms with Gasteiger partial charge in [-0.2, -0.15) is 0 Å². The summed E-state index contributed by atoms with van der Waals surface area (Å²) in [5, 5.41) is 20.8. The Hall–Kier alpha value is -2.89. The van der Waals surface area contributed by atoms with Gasteiger partial charge in [-0.15, -0.1) is 0 Å². The molecule has 2 rings (SSSR count). The van der Waals surface area contributed by atoms with Gasteiger partial charge in [0, 0.05) is 18.2 Å². The minimum atomic E-state index is -1.14. The van der Waals surface area contributed by atoms with Crippen molar-refractivity contribution in [1.29, 1.82) is 0 Å². The number of carboxylic acids is 1. The molecule has 22 heavy (non-hydrogen) atoms. The van der Waals surface area contributed by atoms with E-state index < -0.39 is 17.9 Å². The van der Waals surface area contributed by atoms with Crippen LogP contribution in [0.2, 0.25) is 0 Å². The minimum Gasteiger partial charge on any atom is -0.507 e. The van der Waals surface area contributed by atoms with Gasteiger partial charge in [-0.3, -0.25) is 9.79 Å². The summed E-state index contributed by atoms with van der Waals surface area (Å²) >= 11 is 0. The highest BCUT2D eigenvalue weighted by atomic mass is 16.4.